The van der Waals surface area contributed by atoms with E-state index in [1.165, 1.54) is 5.57 Å². The van der Waals surface area contributed by atoms with E-state index < -0.39 is 0 Å². The number of nitrogens with one attached hydrogen (secondary N) is 1. The van der Waals surface area contributed by atoms with Crippen LogP contribution in [0.15, 0.2) is 11.6 Å². The first-order valence-corrected chi connectivity index (χ1v) is 5.83. The van der Waals surface area contributed by atoms with Gasteiger partial charge >= 0.3 is 0 Å². The molecule has 0 aromatic heterocycles. The zero-order valence-electron chi connectivity index (χ0n) is 9.62. The molecule has 1 saturated heterocycles. The van der Waals surface area contributed by atoms with Gasteiger partial charge in [-0.2, -0.15) is 0 Å². The molecule has 84 valence electrons. The van der Waals surface area contributed by atoms with Crippen LogP contribution in [-0.4, -0.2) is 37.0 Å². The highest BCUT2D eigenvalue weighted by molar-refractivity contribution is 5.79. The molecule has 0 aromatic rings. The minimum absolute atomic E-state index is 0.193. The Kier molecular flexibility index (Phi) is 3.10. The highest BCUT2D eigenvalue weighted by Gasteiger charge is 2.31. The van der Waals surface area contributed by atoms with Gasteiger partial charge < -0.3 is 10.2 Å². The molecule has 1 amide bonds. The summed E-state index contributed by atoms with van der Waals surface area (Å²) >= 11 is 0. The molecule has 0 saturated carbocycles. The summed E-state index contributed by atoms with van der Waals surface area (Å²) in [6.07, 6.45) is 3.22. The number of nitrogens with zero attached hydrogens (tertiary/aromatic N) is 1. The van der Waals surface area contributed by atoms with Crippen molar-refractivity contribution >= 4 is 5.91 Å². The Balaban J connectivity index is 1.90. The number of amides is 1. The van der Waals surface area contributed by atoms with Gasteiger partial charge in [0.2, 0.25) is 5.91 Å². The SMILES string of the molecule is CC1=CCN(C(=O)C(C)C2CNC2)CC1. The van der Waals surface area contributed by atoms with E-state index in [0.717, 1.165) is 32.6 Å². The van der Waals surface area contributed by atoms with Gasteiger partial charge in [-0.1, -0.05) is 18.6 Å². The number of hydrogen-bond acceptors (Lipinski definition) is 2. The first-order chi connectivity index (χ1) is 7.18. The van der Waals surface area contributed by atoms with Crippen molar-refractivity contribution in [3.05, 3.63) is 11.6 Å². The van der Waals surface area contributed by atoms with Crippen molar-refractivity contribution in [3.63, 3.8) is 0 Å². The predicted octanol–water partition coefficient (Wildman–Crippen LogP) is 1.02. The molecule has 0 radical (unpaired) electrons. The highest BCUT2D eigenvalue weighted by Crippen LogP contribution is 2.20. The molecule has 2 aliphatic rings. The third-order valence-corrected chi connectivity index (χ3v) is 3.66. The van der Waals surface area contributed by atoms with Gasteiger partial charge in [0.25, 0.3) is 0 Å². The molecule has 3 nitrogen and oxygen atoms in total. The predicted molar refractivity (Wildman–Crippen MR) is 60.5 cm³/mol. The van der Waals surface area contributed by atoms with Crippen molar-refractivity contribution < 1.29 is 4.79 Å². The summed E-state index contributed by atoms with van der Waals surface area (Å²) in [5, 5.41) is 3.22. The topological polar surface area (TPSA) is 32.3 Å². The quantitative estimate of drug-likeness (QED) is 0.687. The third kappa shape index (κ3) is 2.23. The van der Waals surface area contributed by atoms with Crippen LogP contribution in [0.4, 0.5) is 0 Å². The molecule has 0 aromatic carbocycles. The lowest BCUT2D eigenvalue weighted by molar-refractivity contribution is -0.137. The van der Waals surface area contributed by atoms with E-state index in [-0.39, 0.29) is 5.92 Å². The third-order valence-electron chi connectivity index (χ3n) is 3.66. The summed E-state index contributed by atoms with van der Waals surface area (Å²) in [6, 6.07) is 0. The molecule has 0 spiro atoms. The second kappa shape index (κ2) is 4.35. The molecule has 1 atom stereocenters. The summed E-state index contributed by atoms with van der Waals surface area (Å²) in [6.45, 7) is 7.95. The lowest BCUT2D eigenvalue weighted by atomic mass is 9.87. The van der Waals surface area contributed by atoms with Crippen LogP contribution in [0.5, 0.6) is 0 Å². The molecule has 15 heavy (non-hydrogen) atoms. The van der Waals surface area contributed by atoms with Crippen LogP contribution in [0.3, 0.4) is 0 Å². The minimum atomic E-state index is 0.193. The number of rotatable bonds is 2. The lowest BCUT2D eigenvalue weighted by Crippen LogP contribution is -2.51. The van der Waals surface area contributed by atoms with Crippen molar-refractivity contribution in [2.75, 3.05) is 26.2 Å². The Bertz CT molecular complexity index is 281. The molecule has 2 aliphatic heterocycles. The second-order valence-corrected chi connectivity index (χ2v) is 4.79. The van der Waals surface area contributed by atoms with E-state index >= 15 is 0 Å². The van der Waals surface area contributed by atoms with E-state index in [0.29, 0.717) is 11.8 Å². The largest absolute Gasteiger partial charge is 0.338 e. The van der Waals surface area contributed by atoms with Crippen LogP contribution < -0.4 is 5.32 Å². The van der Waals surface area contributed by atoms with Gasteiger partial charge in [-0.05, 0) is 32.4 Å². The maximum atomic E-state index is 12.1. The monoisotopic (exact) mass is 208 g/mol. The summed E-state index contributed by atoms with van der Waals surface area (Å²) in [7, 11) is 0. The van der Waals surface area contributed by atoms with E-state index in [1.807, 2.05) is 4.90 Å². The van der Waals surface area contributed by atoms with Crippen molar-refractivity contribution in [2.24, 2.45) is 11.8 Å². The molecule has 0 aliphatic carbocycles. The van der Waals surface area contributed by atoms with E-state index in [9.17, 15) is 4.79 Å². The summed E-state index contributed by atoms with van der Waals surface area (Å²) in [5.74, 6) is 1.09. The first-order valence-electron chi connectivity index (χ1n) is 5.83. The first kappa shape index (κ1) is 10.7. The highest BCUT2D eigenvalue weighted by atomic mass is 16.2. The summed E-state index contributed by atoms with van der Waals surface area (Å²) in [4.78, 5) is 14.1. The zero-order chi connectivity index (χ0) is 10.8. The van der Waals surface area contributed by atoms with Crippen LogP contribution in [0.1, 0.15) is 20.3 Å². The van der Waals surface area contributed by atoms with Crippen molar-refractivity contribution in [1.29, 1.82) is 0 Å². The fourth-order valence-corrected chi connectivity index (χ4v) is 2.13. The Morgan fingerprint density at radius 1 is 1.60 bits per heavy atom. The number of carbonyl (C=O) groups excluding carboxylic acids is 1. The average molecular weight is 208 g/mol. The fourth-order valence-electron chi connectivity index (χ4n) is 2.13. The van der Waals surface area contributed by atoms with Crippen LogP contribution in [0.2, 0.25) is 0 Å². The maximum Gasteiger partial charge on any atom is 0.226 e. The van der Waals surface area contributed by atoms with E-state index in [2.05, 4.69) is 25.2 Å². The van der Waals surface area contributed by atoms with Gasteiger partial charge in [0, 0.05) is 19.0 Å². The van der Waals surface area contributed by atoms with Crippen molar-refractivity contribution in [2.45, 2.75) is 20.3 Å². The lowest BCUT2D eigenvalue weighted by Gasteiger charge is -2.35. The Labute approximate surface area is 91.5 Å². The molecular weight excluding hydrogens is 188 g/mol. The minimum Gasteiger partial charge on any atom is -0.338 e. The van der Waals surface area contributed by atoms with Gasteiger partial charge in [-0.15, -0.1) is 0 Å². The maximum absolute atomic E-state index is 12.1. The Hall–Kier alpha value is -0.830. The van der Waals surface area contributed by atoms with Gasteiger partial charge in [0.05, 0.1) is 0 Å². The number of hydrogen-bond donors (Lipinski definition) is 1. The van der Waals surface area contributed by atoms with E-state index in [1.54, 1.807) is 0 Å². The average Bonchev–Trinajstić information content (AvgIpc) is 2.15. The molecule has 2 rings (SSSR count). The van der Waals surface area contributed by atoms with Crippen molar-refractivity contribution in [1.82, 2.24) is 10.2 Å². The van der Waals surface area contributed by atoms with Crippen LogP contribution in [-0.2, 0) is 4.79 Å². The van der Waals surface area contributed by atoms with Gasteiger partial charge in [-0.3, -0.25) is 4.79 Å². The standard InChI is InChI=1S/C12H20N2O/c1-9-3-5-14(6-4-9)12(15)10(2)11-7-13-8-11/h3,10-11,13H,4-8H2,1-2H3. The van der Waals surface area contributed by atoms with Crippen molar-refractivity contribution in [3.8, 4) is 0 Å². The van der Waals surface area contributed by atoms with Crippen LogP contribution >= 0.6 is 0 Å². The zero-order valence-corrected chi connectivity index (χ0v) is 9.62. The van der Waals surface area contributed by atoms with Gasteiger partial charge in [0.15, 0.2) is 0 Å². The summed E-state index contributed by atoms with van der Waals surface area (Å²) in [5.41, 5.74) is 1.41. The summed E-state index contributed by atoms with van der Waals surface area (Å²) < 4.78 is 0. The van der Waals surface area contributed by atoms with Crippen LogP contribution in [0.25, 0.3) is 0 Å². The number of carbonyl (C=O) groups is 1. The smallest absolute Gasteiger partial charge is 0.226 e. The molecule has 0 bridgehead atoms. The Morgan fingerprint density at radius 2 is 2.33 bits per heavy atom. The molecule has 2 heterocycles. The molecular formula is C12H20N2O. The van der Waals surface area contributed by atoms with Gasteiger partial charge in [0.1, 0.15) is 0 Å². The van der Waals surface area contributed by atoms with E-state index in [4.69, 9.17) is 0 Å². The normalized spacial score (nSPS) is 24.4. The van der Waals surface area contributed by atoms with Crippen LogP contribution in [0, 0.1) is 11.8 Å². The second-order valence-electron chi connectivity index (χ2n) is 4.79. The Morgan fingerprint density at radius 3 is 2.80 bits per heavy atom. The molecule has 3 heteroatoms. The molecule has 1 unspecified atom stereocenters. The van der Waals surface area contributed by atoms with Gasteiger partial charge in [-0.25, -0.2) is 0 Å². The fraction of sp³-hybridized carbons (Fsp3) is 0.750. The molecule has 1 N–H and O–H groups in total. The molecule has 1 fully saturated rings.